The van der Waals surface area contributed by atoms with Crippen molar-refractivity contribution in [3.05, 3.63) is 52.0 Å². The first-order valence-corrected chi connectivity index (χ1v) is 7.67. The number of aryl methyl sites for hydroxylation is 1. The molecule has 0 aromatic carbocycles. The van der Waals surface area contributed by atoms with Crippen molar-refractivity contribution in [2.75, 3.05) is 0 Å². The summed E-state index contributed by atoms with van der Waals surface area (Å²) in [5, 5.41) is 9.41. The molecule has 3 heterocycles. The quantitative estimate of drug-likeness (QED) is 0.838. The molecule has 1 aliphatic heterocycles. The first-order chi connectivity index (χ1) is 11.5. The molecule has 24 heavy (non-hydrogen) atoms. The molecule has 8 heteroatoms. The minimum atomic E-state index is -1.05. The van der Waals surface area contributed by atoms with Gasteiger partial charge in [0.25, 0.3) is 5.56 Å². The van der Waals surface area contributed by atoms with E-state index in [2.05, 4.69) is 9.97 Å². The van der Waals surface area contributed by atoms with E-state index in [4.69, 9.17) is 0 Å². The molecule has 1 amide bonds. The van der Waals surface area contributed by atoms with E-state index in [1.807, 2.05) is 0 Å². The Morgan fingerprint density at radius 2 is 2.21 bits per heavy atom. The summed E-state index contributed by atoms with van der Waals surface area (Å²) in [6.45, 7) is 2.21. The Morgan fingerprint density at radius 1 is 1.42 bits per heavy atom. The van der Waals surface area contributed by atoms with Crippen LogP contribution in [0.15, 0.2) is 29.3 Å². The summed E-state index contributed by atoms with van der Waals surface area (Å²) >= 11 is 0. The first-order valence-electron chi connectivity index (χ1n) is 7.67. The lowest BCUT2D eigenvalue weighted by Crippen LogP contribution is -2.49. The van der Waals surface area contributed by atoms with Crippen LogP contribution in [-0.2, 0) is 29.1 Å². The van der Waals surface area contributed by atoms with Gasteiger partial charge in [-0.05, 0) is 13.0 Å². The highest BCUT2D eigenvalue weighted by atomic mass is 16.4. The molecule has 0 aliphatic carbocycles. The second kappa shape index (κ2) is 6.31. The van der Waals surface area contributed by atoms with E-state index in [-0.39, 0.29) is 37.4 Å². The van der Waals surface area contributed by atoms with E-state index >= 15 is 0 Å². The van der Waals surface area contributed by atoms with Gasteiger partial charge in [-0.25, -0.2) is 9.78 Å². The van der Waals surface area contributed by atoms with Crippen LogP contribution >= 0.6 is 0 Å². The van der Waals surface area contributed by atoms with Crippen LogP contribution in [0.3, 0.4) is 0 Å². The largest absolute Gasteiger partial charge is 0.480 e. The van der Waals surface area contributed by atoms with Crippen molar-refractivity contribution in [3.63, 3.8) is 0 Å². The minimum Gasteiger partial charge on any atom is -0.480 e. The second-order valence-corrected chi connectivity index (χ2v) is 5.81. The summed E-state index contributed by atoms with van der Waals surface area (Å²) in [6, 6.07) is 3.97. The highest BCUT2D eigenvalue weighted by molar-refractivity contribution is 5.84. The summed E-state index contributed by atoms with van der Waals surface area (Å²) in [5.74, 6) is -1.34. The maximum Gasteiger partial charge on any atom is 0.326 e. The van der Waals surface area contributed by atoms with Gasteiger partial charge < -0.3 is 19.6 Å². The highest BCUT2D eigenvalue weighted by Crippen LogP contribution is 2.21. The van der Waals surface area contributed by atoms with E-state index < -0.39 is 12.0 Å². The molecule has 0 spiro atoms. The van der Waals surface area contributed by atoms with E-state index in [0.29, 0.717) is 5.69 Å². The number of aromatic amines is 1. The molecule has 126 valence electrons. The van der Waals surface area contributed by atoms with Gasteiger partial charge in [0, 0.05) is 31.1 Å². The third kappa shape index (κ3) is 2.94. The molecule has 0 saturated heterocycles. The van der Waals surface area contributed by atoms with Gasteiger partial charge in [-0.1, -0.05) is 6.07 Å². The van der Waals surface area contributed by atoms with Crippen LogP contribution < -0.4 is 5.56 Å². The van der Waals surface area contributed by atoms with Crippen LogP contribution in [0.4, 0.5) is 0 Å². The molecule has 1 atom stereocenters. The van der Waals surface area contributed by atoms with Crippen molar-refractivity contribution in [2.24, 2.45) is 0 Å². The van der Waals surface area contributed by atoms with Crippen LogP contribution in [0.25, 0.3) is 0 Å². The molecule has 2 N–H and O–H groups in total. The number of pyridine rings is 1. The molecule has 0 radical (unpaired) electrons. The van der Waals surface area contributed by atoms with Gasteiger partial charge in [0.15, 0.2) is 0 Å². The van der Waals surface area contributed by atoms with Crippen LogP contribution in [0.1, 0.15) is 23.5 Å². The van der Waals surface area contributed by atoms with Crippen LogP contribution in [0.5, 0.6) is 0 Å². The molecule has 2 aromatic rings. The summed E-state index contributed by atoms with van der Waals surface area (Å²) in [4.78, 5) is 44.3. The van der Waals surface area contributed by atoms with Crippen LogP contribution in [0.2, 0.25) is 0 Å². The molecule has 3 rings (SSSR count). The monoisotopic (exact) mass is 330 g/mol. The molecule has 2 aromatic heterocycles. The number of nitrogens with zero attached hydrogens (tertiary/aromatic N) is 3. The average molecular weight is 330 g/mol. The molecule has 0 bridgehead atoms. The summed E-state index contributed by atoms with van der Waals surface area (Å²) in [6.07, 6.45) is 1.76. The number of nitrogens with one attached hydrogen (secondary N) is 1. The number of carbonyl (C=O) groups is 2. The summed E-state index contributed by atoms with van der Waals surface area (Å²) < 4.78 is 1.51. The van der Waals surface area contributed by atoms with Crippen LogP contribution in [-0.4, -0.2) is 42.5 Å². The molecule has 0 saturated carbocycles. The lowest BCUT2D eigenvalue weighted by atomic mass is 10.0. The third-order valence-electron chi connectivity index (χ3n) is 4.32. The van der Waals surface area contributed by atoms with Crippen LogP contribution in [0, 0.1) is 6.92 Å². The number of hydrogen-bond acceptors (Lipinski definition) is 4. The number of carboxylic acids is 1. The Kier molecular flexibility index (Phi) is 4.20. The Labute approximate surface area is 137 Å². The highest BCUT2D eigenvalue weighted by Gasteiger charge is 2.35. The molecular weight excluding hydrogens is 312 g/mol. The normalized spacial score (nSPS) is 16.7. The topological polar surface area (TPSA) is 108 Å². The average Bonchev–Trinajstić information content (AvgIpc) is 3.00. The smallest absolute Gasteiger partial charge is 0.326 e. The molecule has 0 unspecified atom stereocenters. The molecular formula is C16H18N4O4. The van der Waals surface area contributed by atoms with E-state index in [1.165, 1.54) is 21.9 Å². The zero-order chi connectivity index (χ0) is 17.3. The number of imidazole rings is 1. The number of rotatable bonds is 4. The van der Waals surface area contributed by atoms with Gasteiger partial charge in [-0.3, -0.25) is 9.59 Å². The summed E-state index contributed by atoms with van der Waals surface area (Å²) in [5.41, 5.74) is 2.03. The van der Waals surface area contributed by atoms with Crippen molar-refractivity contribution in [1.29, 1.82) is 0 Å². The lowest BCUT2D eigenvalue weighted by Gasteiger charge is -2.32. The van der Waals surface area contributed by atoms with E-state index in [0.717, 1.165) is 11.4 Å². The van der Waals surface area contributed by atoms with Gasteiger partial charge in [0.1, 0.15) is 6.04 Å². The number of amides is 1. The molecule has 1 aliphatic rings. The fourth-order valence-corrected chi connectivity index (χ4v) is 2.98. The van der Waals surface area contributed by atoms with E-state index in [1.54, 1.807) is 19.1 Å². The Hall–Kier alpha value is -2.90. The summed E-state index contributed by atoms with van der Waals surface area (Å²) in [7, 11) is 0. The number of carboxylic acid groups (broad SMARTS) is 1. The van der Waals surface area contributed by atoms with Gasteiger partial charge in [-0.2, -0.15) is 0 Å². The van der Waals surface area contributed by atoms with Crippen molar-refractivity contribution in [3.8, 4) is 0 Å². The first kappa shape index (κ1) is 16.0. The Morgan fingerprint density at radius 3 is 2.92 bits per heavy atom. The predicted octanol–water partition coefficient (Wildman–Crippen LogP) is 0.308. The van der Waals surface area contributed by atoms with Crippen molar-refractivity contribution in [1.82, 2.24) is 19.4 Å². The second-order valence-electron chi connectivity index (χ2n) is 5.81. The number of carbonyl (C=O) groups excluding carboxylic acids is 1. The van der Waals surface area contributed by atoms with Gasteiger partial charge in [-0.15, -0.1) is 0 Å². The molecule has 8 nitrogen and oxygen atoms in total. The number of hydrogen-bond donors (Lipinski definition) is 2. The number of fused-ring (bicyclic) bond motifs is 1. The lowest BCUT2D eigenvalue weighted by molar-refractivity contribution is -0.151. The van der Waals surface area contributed by atoms with Gasteiger partial charge in [0.05, 0.1) is 24.3 Å². The Balaban J connectivity index is 1.76. The zero-order valence-corrected chi connectivity index (χ0v) is 13.2. The molecule has 0 fully saturated rings. The standard InChI is InChI=1S/C16H18N4O4/c1-10-3-2-4-14(21)19(10)6-5-15(22)20-8-12-11(17-9-18-12)7-13(20)16(23)24/h2-4,9,13H,5-8H2,1H3,(H,17,18)(H,23,24)/t13-/m0/s1. The SMILES string of the molecule is Cc1cccc(=O)n1CCC(=O)N1Cc2[nH]cnc2C[C@H]1C(=O)O. The zero-order valence-electron chi connectivity index (χ0n) is 13.2. The number of H-pyrrole nitrogens is 1. The fraction of sp³-hybridized carbons (Fsp3) is 0.375. The van der Waals surface area contributed by atoms with Crippen molar-refractivity contribution in [2.45, 2.75) is 38.9 Å². The third-order valence-corrected chi connectivity index (χ3v) is 4.32. The number of aromatic nitrogens is 3. The van der Waals surface area contributed by atoms with Gasteiger partial charge >= 0.3 is 5.97 Å². The Bertz CT molecular complexity index is 839. The van der Waals surface area contributed by atoms with E-state index in [9.17, 15) is 19.5 Å². The van der Waals surface area contributed by atoms with Crippen molar-refractivity contribution < 1.29 is 14.7 Å². The van der Waals surface area contributed by atoms with Crippen molar-refractivity contribution >= 4 is 11.9 Å². The number of aliphatic carboxylic acids is 1. The van der Waals surface area contributed by atoms with Gasteiger partial charge in [0.2, 0.25) is 5.91 Å². The minimum absolute atomic E-state index is 0.0675. The fourth-order valence-electron chi connectivity index (χ4n) is 2.98. The maximum atomic E-state index is 12.6. The predicted molar refractivity (Wildman–Crippen MR) is 84.3 cm³/mol. The maximum absolute atomic E-state index is 12.6.